The summed E-state index contributed by atoms with van der Waals surface area (Å²) in [5.74, 6) is -0.600. The summed E-state index contributed by atoms with van der Waals surface area (Å²) in [6.45, 7) is 3.55. The number of hydrogen-bond acceptors (Lipinski definition) is 10. The molecular weight excluding hydrogens is 556 g/mol. The van der Waals surface area contributed by atoms with E-state index in [2.05, 4.69) is 64.7 Å². The van der Waals surface area contributed by atoms with E-state index in [1.165, 1.54) is 0 Å². The van der Waals surface area contributed by atoms with Crippen molar-refractivity contribution in [1.82, 2.24) is 0 Å². The molecule has 44 heavy (non-hydrogen) atoms. The van der Waals surface area contributed by atoms with Crippen molar-refractivity contribution in [2.24, 2.45) is 20.5 Å². The lowest BCUT2D eigenvalue weighted by Crippen LogP contribution is -2.50. The van der Waals surface area contributed by atoms with Gasteiger partial charge in [-0.25, -0.2) is 4.79 Å². The second-order valence-electron chi connectivity index (χ2n) is 11.1. The van der Waals surface area contributed by atoms with Gasteiger partial charge in [-0.1, -0.05) is 36.4 Å². The third kappa shape index (κ3) is 5.60. The molecule has 5 aromatic carbocycles. The number of aliphatic hydroxyl groups is 2. The van der Waals surface area contributed by atoms with Crippen LogP contribution in [0.3, 0.4) is 0 Å². The summed E-state index contributed by atoms with van der Waals surface area (Å²) in [7, 11) is 2.09. The molecule has 1 aliphatic heterocycles. The summed E-state index contributed by atoms with van der Waals surface area (Å²) in [6, 6.07) is 28.3. The van der Waals surface area contributed by atoms with Crippen LogP contribution in [0.1, 0.15) is 24.2 Å². The lowest BCUT2D eigenvalue weighted by atomic mass is 9.98. The van der Waals surface area contributed by atoms with Crippen LogP contribution < -0.4 is 10.2 Å². The fourth-order valence-electron chi connectivity index (χ4n) is 5.19. The van der Waals surface area contributed by atoms with Crippen molar-refractivity contribution in [2.75, 3.05) is 30.5 Å². The van der Waals surface area contributed by atoms with Gasteiger partial charge in [0, 0.05) is 40.0 Å². The van der Waals surface area contributed by atoms with Crippen molar-refractivity contribution in [3.05, 3.63) is 96.6 Å². The molecule has 6 rings (SSSR count). The van der Waals surface area contributed by atoms with Crippen LogP contribution >= 0.6 is 0 Å². The highest BCUT2D eigenvalue weighted by Gasteiger charge is 2.31. The van der Waals surface area contributed by atoms with Gasteiger partial charge in [0.25, 0.3) is 0 Å². The van der Waals surface area contributed by atoms with Crippen LogP contribution in [-0.2, 0) is 4.74 Å². The normalized spacial score (nSPS) is 14.8. The fraction of sp³-hybridized carbons (Fsp3) is 0.206. The molecule has 10 heteroatoms. The van der Waals surface area contributed by atoms with Gasteiger partial charge < -0.3 is 25.2 Å². The molecule has 222 valence electrons. The topological polar surface area (TPSA) is 131 Å². The number of esters is 1. The molecule has 1 heterocycles. The van der Waals surface area contributed by atoms with E-state index in [0.29, 0.717) is 22.6 Å². The SMILES string of the molecule is CN1c2ccc(N=Nc3ccc(N=Nc4ccc(C(=O)OCC(O)CO)cc4)c4ccccc34)c3cccc(c23)NC1(C)C. The van der Waals surface area contributed by atoms with E-state index >= 15 is 0 Å². The molecule has 5 aromatic rings. The van der Waals surface area contributed by atoms with E-state index < -0.39 is 18.7 Å². The zero-order valence-electron chi connectivity index (χ0n) is 24.6. The maximum Gasteiger partial charge on any atom is 0.338 e. The largest absolute Gasteiger partial charge is 0.459 e. The number of ether oxygens (including phenoxy) is 1. The molecule has 0 aliphatic carbocycles. The number of fused-ring (bicyclic) bond motifs is 1. The summed E-state index contributed by atoms with van der Waals surface area (Å²) in [5.41, 5.74) is 5.02. The molecule has 0 bridgehead atoms. The van der Waals surface area contributed by atoms with Gasteiger partial charge in [-0.3, -0.25) is 0 Å². The minimum absolute atomic E-state index is 0.216. The Morgan fingerprint density at radius 2 is 1.41 bits per heavy atom. The van der Waals surface area contributed by atoms with E-state index in [-0.39, 0.29) is 12.3 Å². The molecule has 0 radical (unpaired) electrons. The smallest absolute Gasteiger partial charge is 0.338 e. The number of nitrogens with one attached hydrogen (secondary N) is 1. The minimum atomic E-state index is -1.11. The number of rotatable bonds is 8. The van der Waals surface area contributed by atoms with Gasteiger partial charge >= 0.3 is 5.97 Å². The number of aliphatic hydroxyl groups excluding tert-OH is 2. The van der Waals surface area contributed by atoms with Gasteiger partial charge in [0.1, 0.15) is 18.4 Å². The standard InChI is InChI=1S/C34H32N6O4/c1-34(2)35-30-10-6-9-26-29(17-18-31(32(26)30)40(34)3)39-38-28-16-15-27(24-7-4-5-8-25(24)28)37-36-22-13-11-21(12-14-22)33(43)44-20-23(42)19-41/h4-18,23,35,41-42H,19-20H2,1-3H3. The van der Waals surface area contributed by atoms with E-state index in [0.717, 1.165) is 38.6 Å². The van der Waals surface area contributed by atoms with Crippen molar-refractivity contribution in [3.8, 4) is 0 Å². The predicted molar refractivity (Wildman–Crippen MR) is 172 cm³/mol. The Balaban J connectivity index is 1.25. The number of benzene rings is 5. The third-order valence-electron chi connectivity index (χ3n) is 7.77. The van der Waals surface area contributed by atoms with E-state index in [1.54, 1.807) is 24.3 Å². The second kappa shape index (κ2) is 11.8. The van der Waals surface area contributed by atoms with Crippen LogP contribution in [0.5, 0.6) is 0 Å². The van der Waals surface area contributed by atoms with Crippen molar-refractivity contribution < 1.29 is 19.7 Å². The van der Waals surface area contributed by atoms with E-state index in [9.17, 15) is 9.90 Å². The first-order valence-corrected chi connectivity index (χ1v) is 14.2. The molecule has 1 atom stereocenters. The molecule has 1 unspecified atom stereocenters. The molecule has 0 spiro atoms. The number of hydrogen-bond donors (Lipinski definition) is 3. The van der Waals surface area contributed by atoms with Gasteiger partial charge in [0.05, 0.1) is 34.9 Å². The van der Waals surface area contributed by atoms with E-state index in [4.69, 9.17) is 15.0 Å². The summed E-state index contributed by atoms with van der Waals surface area (Å²) in [4.78, 5) is 14.4. The first kappa shape index (κ1) is 28.9. The van der Waals surface area contributed by atoms with Crippen molar-refractivity contribution in [2.45, 2.75) is 25.6 Å². The molecule has 0 fully saturated rings. The summed E-state index contributed by atoms with van der Waals surface area (Å²) in [6.07, 6.45) is -1.11. The summed E-state index contributed by atoms with van der Waals surface area (Å²) >= 11 is 0. The maximum absolute atomic E-state index is 12.1. The minimum Gasteiger partial charge on any atom is -0.459 e. The molecule has 10 nitrogen and oxygen atoms in total. The molecule has 0 aromatic heterocycles. The molecule has 3 N–H and O–H groups in total. The average Bonchev–Trinajstić information content (AvgIpc) is 3.04. The third-order valence-corrected chi connectivity index (χ3v) is 7.77. The van der Waals surface area contributed by atoms with Crippen LogP contribution in [0.4, 0.5) is 34.1 Å². The summed E-state index contributed by atoms with van der Waals surface area (Å²) < 4.78 is 4.98. The Hall–Kier alpha value is -5.19. The fourth-order valence-corrected chi connectivity index (χ4v) is 5.19. The maximum atomic E-state index is 12.1. The van der Waals surface area contributed by atoms with Crippen LogP contribution in [0.15, 0.2) is 111 Å². The number of carbonyl (C=O) groups excluding carboxylic acids is 1. The molecule has 0 saturated carbocycles. The molecule has 0 saturated heterocycles. The summed E-state index contributed by atoms with van der Waals surface area (Å²) in [5, 5.41) is 44.0. The van der Waals surface area contributed by atoms with Crippen molar-refractivity contribution in [3.63, 3.8) is 0 Å². The quantitative estimate of drug-likeness (QED) is 0.125. The first-order chi connectivity index (χ1) is 21.2. The molecule has 1 aliphatic rings. The number of nitrogens with zero attached hydrogens (tertiary/aromatic N) is 5. The van der Waals surface area contributed by atoms with Crippen LogP contribution in [0, 0.1) is 0 Å². The Morgan fingerprint density at radius 3 is 2.07 bits per heavy atom. The van der Waals surface area contributed by atoms with Gasteiger partial charge in [-0.15, -0.1) is 15.3 Å². The number of carbonyl (C=O) groups is 1. The Bertz CT molecular complexity index is 1920. The first-order valence-electron chi connectivity index (χ1n) is 14.2. The van der Waals surface area contributed by atoms with Gasteiger partial charge in [-0.2, -0.15) is 5.11 Å². The van der Waals surface area contributed by atoms with Crippen LogP contribution in [0.25, 0.3) is 21.5 Å². The Morgan fingerprint density at radius 1 is 0.818 bits per heavy atom. The molecular formula is C34H32N6O4. The highest BCUT2D eigenvalue weighted by atomic mass is 16.5. The van der Waals surface area contributed by atoms with Crippen LogP contribution in [0.2, 0.25) is 0 Å². The monoisotopic (exact) mass is 588 g/mol. The van der Waals surface area contributed by atoms with Gasteiger partial charge in [0.15, 0.2) is 0 Å². The average molecular weight is 589 g/mol. The molecule has 0 amide bonds. The van der Waals surface area contributed by atoms with Crippen LogP contribution in [-0.4, -0.2) is 48.2 Å². The number of azo groups is 2. The highest BCUT2D eigenvalue weighted by Crippen LogP contribution is 2.44. The Kier molecular flexibility index (Phi) is 7.77. The van der Waals surface area contributed by atoms with Gasteiger partial charge in [0.2, 0.25) is 0 Å². The van der Waals surface area contributed by atoms with Crippen molar-refractivity contribution in [1.29, 1.82) is 0 Å². The zero-order valence-corrected chi connectivity index (χ0v) is 24.6. The lowest BCUT2D eigenvalue weighted by molar-refractivity contribution is 0.00933. The Labute approximate surface area is 254 Å². The number of anilines is 2. The van der Waals surface area contributed by atoms with E-state index in [1.807, 2.05) is 48.5 Å². The second-order valence-corrected chi connectivity index (χ2v) is 11.1. The zero-order chi connectivity index (χ0) is 30.8. The van der Waals surface area contributed by atoms with Crippen molar-refractivity contribution >= 4 is 61.6 Å². The van der Waals surface area contributed by atoms with Gasteiger partial charge in [-0.05, 0) is 68.4 Å². The lowest BCUT2D eigenvalue weighted by Gasteiger charge is -2.43. The predicted octanol–water partition coefficient (Wildman–Crippen LogP) is 7.93. The highest BCUT2D eigenvalue weighted by molar-refractivity contribution is 6.10.